The highest BCUT2D eigenvalue weighted by atomic mass is 16.6. The Morgan fingerprint density at radius 1 is 1.27 bits per heavy atom. The molecular weight excluding hydrogens is 190 g/mol. The van der Waals surface area contributed by atoms with Crippen LogP contribution in [0.3, 0.4) is 0 Å². The molecule has 2 saturated heterocycles. The van der Waals surface area contributed by atoms with Gasteiger partial charge in [0.2, 0.25) is 0 Å². The van der Waals surface area contributed by atoms with Gasteiger partial charge in [0.15, 0.2) is 0 Å². The molecule has 0 bridgehead atoms. The zero-order valence-electron chi connectivity index (χ0n) is 9.34. The molecule has 0 aromatic rings. The quantitative estimate of drug-likeness (QED) is 0.764. The molecule has 3 heteroatoms. The van der Waals surface area contributed by atoms with Gasteiger partial charge in [0.1, 0.15) is 0 Å². The predicted molar refractivity (Wildman–Crippen MR) is 57.9 cm³/mol. The first-order valence-corrected chi connectivity index (χ1v) is 6.33. The largest absolute Gasteiger partial charge is 0.375 e. The van der Waals surface area contributed by atoms with Crippen LogP contribution < -0.4 is 5.32 Å². The van der Waals surface area contributed by atoms with Crippen molar-refractivity contribution in [2.24, 2.45) is 5.92 Å². The lowest BCUT2D eigenvalue weighted by atomic mass is 9.89. The lowest BCUT2D eigenvalue weighted by Crippen LogP contribution is -2.41. The van der Waals surface area contributed by atoms with E-state index in [4.69, 9.17) is 9.47 Å². The Morgan fingerprint density at radius 3 is 2.80 bits per heavy atom. The maximum Gasteiger partial charge on any atom is 0.0836 e. The van der Waals surface area contributed by atoms with Crippen LogP contribution in [0, 0.1) is 5.92 Å². The zero-order chi connectivity index (χ0) is 10.1. The van der Waals surface area contributed by atoms with E-state index in [9.17, 15) is 0 Å². The minimum atomic E-state index is 0.166. The Bertz CT molecular complexity index is 222. The van der Waals surface area contributed by atoms with Crippen LogP contribution in [0.25, 0.3) is 0 Å². The molecule has 2 heterocycles. The van der Waals surface area contributed by atoms with Gasteiger partial charge in [0, 0.05) is 13.0 Å². The number of piperidine rings is 1. The molecule has 0 aromatic heterocycles. The van der Waals surface area contributed by atoms with Gasteiger partial charge in [-0.15, -0.1) is 0 Å². The summed E-state index contributed by atoms with van der Waals surface area (Å²) in [5.74, 6) is 0.870. The molecule has 1 unspecified atom stereocenters. The molecule has 0 aromatic carbocycles. The summed E-state index contributed by atoms with van der Waals surface area (Å²) in [4.78, 5) is 0. The monoisotopic (exact) mass is 211 g/mol. The van der Waals surface area contributed by atoms with Crippen molar-refractivity contribution in [3.63, 3.8) is 0 Å². The molecular formula is C12H21NO2. The summed E-state index contributed by atoms with van der Waals surface area (Å²) in [5, 5.41) is 3.39. The summed E-state index contributed by atoms with van der Waals surface area (Å²) >= 11 is 0. The van der Waals surface area contributed by atoms with E-state index in [-0.39, 0.29) is 5.60 Å². The summed E-state index contributed by atoms with van der Waals surface area (Å²) in [6.45, 7) is 4.01. The first kappa shape index (κ1) is 10.1. The normalized spacial score (nSPS) is 34.8. The van der Waals surface area contributed by atoms with Crippen LogP contribution in [0.2, 0.25) is 0 Å². The lowest BCUT2D eigenvalue weighted by Gasteiger charge is -2.32. The molecule has 1 N–H and O–H groups in total. The maximum atomic E-state index is 5.98. The summed E-state index contributed by atoms with van der Waals surface area (Å²) in [6.07, 6.45) is 6.59. The van der Waals surface area contributed by atoms with Crippen LogP contribution in [-0.2, 0) is 9.47 Å². The first-order valence-electron chi connectivity index (χ1n) is 6.33. The Morgan fingerprint density at radius 2 is 2.07 bits per heavy atom. The Hall–Kier alpha value is -0.120. The van der Waals surface area contributed by atoms with E-state index < -0.39 is 0 Å². The lowest BCUT2D eigenvalue weighted by molar-refractivity contribution is -0.0236. The van der Waals surface area contributed by atoms with Gasteiger partial charge in [-0.1, -0.05) is 0 Å². The third-order valence-corrected chi connectivity index (χ3v) is 3.95. The Balaban J connectivity index is 1.47. The van der Waals surface area contributed by atoms with Crippen molar-refractivity contribution in [3.8, 4) is 0 Å². The second kappa shape index (κ2) is 4.04. The third-order valence-electron chi connectivity index (χ3n) is 3.95. The highest BCUT2D eigenvalue weighted by Crippen LogP contribution is 2.36. The third kappa shape index (κ3) is 2.35. The van der Waals surface area contributed by atoms with Gasteiger partial charge in [0.25, 0.3) is 0 Å². The smallest absolute Gasteiger partial charge is 0.0836 e. The van der Waals surface area contributed by atoms with Crippen LogP contribution in [0.15, 0.2) is 0 Å². The van der Waals surface area contributed by atoms with E-state index in [2.05, 4.69) is 5.32 Å². The van der Waals surface area contributed by atoms with Crippen LogP contribution in [-0.4, -0.2) is 38.0 Å². The molecule has 1 atom stereocenters. The molecule has 15 heavy (non-hydrogen) atoms. The fraction of sp³-hybridized carbons (Fsp3) is 1.00. The molecule has 3 rings (SSSR count). The highest BCUT2D eigenvalue weighted by molar-refractivity contribution is 4.93. The van der Waals surface area contributed by atoms with Crippen LogP contribution in [0.1, 0.15) is 32.1 Å². The van der Waals surface area contributed by atoms with E-state index in [0.717, 1.165) is 51.5 Å². The van der Waals surface area contributed by atoms with Crippen LogP contribution >= 0.6 is 0 Å². The average Bonchev–Trinajstić information content (AvgIpc) is 3.02. The summed E-state index contributed by atoms with van der Waals surface area (Å²) in [7, 11) is 0. The number of hydrogen-bond acceptors (Lipinski definition) is 3. The second-order valence-electron chi connectivity index (χ2n) is 5.35. The molecule has 0 amide bonds. The molecule has 2 aliphatic heterocycles. The molecule has 1 aliphatic carbocycles. The molecule has 3 nitrogen and oxygen atoms in total. The highest BCUT2D eigenvalue weighted by Gasteiger charge is 2.41. The van der Waals surface area contributed by atoms with Crippen molar-refractivity contribution in [2.75, 3.05) is 26.3 Å². The van der Waals surface area contributed by atoms with Crippen molar-refractivity contribution in [3.05, 3.63) is 0 Å². The number of ether oxygens (including phenoxy) is 2. The molecule has 3 aliphatic rings. The molecule has 0 radical (unpaired) electrons. The van der Waals surface area contributed by atoms with E-state index in [1.54, 1.807) is 0 Å². The van der Waals surface area contributed by atoms with Crippen molar-refractivity contribution >= 4 is 0 Å². The zero-order valence-corrected chi connectivity index (χ0v) is 9.34. The number of nitrogens with one attached hydrogen (secondary N) is 1. The Kier molecular flexibility index (Phi) is 2.71. The van der Waals surface area contributed by atoms with E-state index >= 15 is 0 Å². The summed E-state index contributed by atoms with van der Waals surface area (Å²) in [5.41, 5.74) is 0.166. The van der Waals surface area contributed by atoms with Crippen molar-refractivity contribution in [1.82, 2.24) is 5.32 Å². The van der Waals surface area contributed by atoms with E-state index in [1.165, 1.54) is 12.8 Å². The van der Waals surface area contributed by atoms with Crippen LogP contribution in [0.4, 0.5) is 0 Å². The van der Waals surface area contributed by atoms with Crippen molar-refractivity contribution < 1.29 is 9.47 Å². The van der Waals surface area contributed by atoms with Gasteiger partial charge in [-0.25, -0.2) is 0 Å². The van der Waals surface area contributed by atoms with E-state index in [0.29, 0.717) is 6.10 Å². The number of hydrogen-bond donors (Lipinski definition) is 1. The number of rotatable bonds is 3. The van der Waals surface area contributed by atoms with Gasteiger partial charge in [0.05, 0.1) is 18.3 Å². The summed E-state index contributed by atoms with van der Waals surface area (Å²) in [6, 6.07) is 0. The average molecular weight is 211 g/mol. The van der Waals surface area contributed by atoms with Crippen LogP contribution in [0.5, 0.6) is 0 Å². The summed E-state index contributed by atoms with van der Waals surface area (Å²) < 4.78 is 11.9. The van der Waals surface area contributed by atoms with Gasteiger partial charge in [-0.3, -0.25) is 0 Å². The minimum absolute atomic E-state index is 0.166. The fourth-order valence-electron chi connectivity index (χ4n) is 2.70. The predicted octanol–water partition coefficient (Wildman–Crippen LogP) is 1.32. The van der Waals surface area contributed by atoms with Gasteiger partial charge in [-0.2, -0.15) is 0 Å². The molecule has 1 spiro atoms. The van der Waals surface area contributed by atoms with Gasteiger partial charge in [-0.05, 0) is 44.7 Å². The van der Waals surface area contributed by atoms with E-state index in [1.807, 2.05) is 0 Å². The fourth-order valence-corrected chi connectivity index (χ4v) is 2.70. The van der Waals surface area contributed by atoms with Crippen molar-refractivity contribution in [2.45, 2.75) is 43.8 Å². The van der Waals surface area contributed by atoms with Gasteiger partial charge >= 0.3 is 0 Å². The molecule has 86 valence electrons. The maximum absolute atomic E-state index is 5.98. The Labute approximate surface area is 91.5 Å². The van der Waals surface area contributed by atoms with Crippen molar-refractivity contribution in [1.29, 1.82) is 0 Å². The SMILES string of the molecule is C1CC2(CCN1)CC(OCC1CC1)CO2. The topological polar surface area (TPSA) is 30.5 Å². The molecule has 3 fully saturated rings. The standard InChI is InChI=1S/C12H21NO2/c1-2-10(1)8-14-11-7-12(15-9-11)3-5-13-6-4-12/h10-11,13H,1-9H2. The van der Waals surface area contributed by atoms with Gasteiger partial charge < -0.3 is 14.8 Å². The second-order valence-corrected chi connectivity index (χ2v) is 5.35. The first-order chi connectivity index (χ1) is 7.36. The minimum Gasteiger partial charge on any atom is -0.375 e. The molecule has 1 saturated carbocycles.